The van der Waals surface area contributed by atoms with Gasteiger partial charge < -0.3 is 24.2 Å². The van der Waals surface area contributed by atoms with Gasteiger partial charge in [-0.25, -0.2) is 0 Å². The summed E-state index contributed by atoms with van der Waals surface area (Å²) in [6, 6.07) is 14.7. The number of amides is 1. The number of fused-ring (bicyclic) bond motifs is 2. The van der Waals surface area contributed by atoms with E-state index in [1.54, 1.807) is 11.8 Å². The van der Waals surface area contributed by atoms with Gasteiger partial charge in [0, 0.05) is 55.7 Å². The van der Waals surface area contributed by atoms with E-state index in [0.29, 0.717) is 57.9 Å². The molecule has 0 unspecified atom stereocenters. The molecule has 3 aliphatic rings. The molecule has 0 aliphatic carbocycles. The Morgan fingerprint density at radius 2 is 1.97 bits per heavy atom. The van der Waals surface area contributed by atoms with Crippen LogP contribution < -0.4 is 14.5 Å². The Morgan fingerprint density at radius 1 is 1.15 bits per heavy atom. The van der Waals surface area contributed by atoms with Crippen LogP contribution in [0.4, 0.5) is 11.5 Å². The normalized spacial score (nSPS) is 19.4. The molecule has 3 aliphatic heterocycles. The lowest BCUT2D eigenvalue weighted by atomic mass is 10.0. The SMILES string of the molecule is CC(=O)N1CCN(c2nc(OCC3COC3)nc3c2CCN(c2cccc4cccc(Cl)c24)C3)C[C@@H]1CC#N. The van der Waals surface area contributed by atoms with Gasteiger partial charge in [0.15, 0.2) is 0 Å². The number of hydrogen-bond donors (Lipinski definition) is 0. The van der Waals surface area contributed by atoms with Gasteiger partial charge in [-0.3, -0.25) is 4.79 Å². The highest BCUT2D eigenvalue weighted by molar-refractivity contribution is 6.36. The first kappa shape index (κ1) is 25.7. The Hall–Kier alpha value is -3.61. The number of rotatable bonds is 6. The number of ether oxygens (including phenoxy) is 2. The molecule has 2 fully saturated rings. The van der Waals surface area contributed by atoms with Gasteiger partial charge in [0.1, 0.15) is 5.82 Å². The third-order valence-corrected chi connectivity index (χ3v) is 8.18. The monoisotopic (exact) mass is 546 g/mol. The van der Waals surface area contributed by atoms with Crippen molar-refractivity contribution in [2.24, 2.45) is 5.92 Å². The molecule has 3 aromatic rings. The van der Waals surface area contributed by atoms with Crippen LogP contribution in [-0.4, -0.2) is 72.8 Å². The van der Waals surface area contributed by atoms with Crippen molar-refractivity contribution in [2.75, 3.05) is 55.8 Å². The molecule has 2 aromatic carbocycles. The maximum absolute atomic E-state index is 12.2. The van der Waals surface area contributed by atoms with E-state index in [1.165, 1.54) is 0 Å². The van der Waals surface area contributed by atoms with E-state index in [9.17, 15) is 10.1 Å². The number of benzene rings is 2. The largest absolute Gasteiger partial charge is 0.463 e. The minimum absolute atomic E-state index is 0.00394. The summed E-state index contributed by atoms with van der Waals surface area (Å²) in [5.74, 6) is 1.19. The summed E-state index contributed by atoms with van der Waals surface area (Å²) in [7, 11) is 0. The molecule has 2 saturated heterocycles. The number of hydrogen-bond acceptors (Lipinski definition) is 8. The average molecular weight is 547 g/mol. The molecule has 1 atom stereocenters. The van der Waals surface area contributed by atoms with Crippen molar-refractivity contribution in [1.29, 1.82) is 5.26 Å². The van der Waals surface area contributed by atoms with Gasteiger partial charge in [0.05, 0.1) is 55.6 Å². The van der Waals surface area contributed by atoms with Gasteiger partial charge in [-0.15, -0.1) is 0 Å². The van der Waals surface area contributed by atoms with Crippen LogP contribution in [0.3, 0.4) is 0 Å². The van der Waals surface area contributed by atoms with Crippen LogP contribution in [0.15, 0.2) is 36.4 Å². The van der Waals surface area contributed by atoms with Crippen LogP contribution in [0.25, 0.3) is 10.8 Å². The lowest BCUT2D eigenvalue weighted by Crippen LogP contribution is -2.55. The number of nitriles is 1. The van der Waals surface area contributed by atoms with E-state index in [1.807, 2.05) is 12.1 Å². The molecule has 9 nitrogen and oxygen atoms in total. The van der Waals surface area contributed by atoms with Crippen LogP contribution >= 0.6 is 11.6 Å². The Labute approximate surface area is 232 Å². The molecule has 39 heavy (non-hydrogen) atoms. The topological polar surface area (TPSA) is 94.8 Å². The molecule has 0 N–H and O–H groups in total. The van der Waals surface area contributed by atoms with Gasteiger partial charge in [0.25, 0.3) is 0 Å². The van der Waals surface area contributed by atoms with Crippen LogP contribution in [0.1, 0.15) is 24.6 Å². The number of piperazine rings is 1. The quantitative estimate of drug-likeness (QED) is 0.460. The zero-order valence-corrected chi connectivity index (χ0v) is 22.7. The lowest BCUT2D eigenvalue weighted by molar-refractivity contribution is -0.131. The maximum Gasteiger partial charge on any atom is 0.318 e. The molecule has 1 aromatic heterocycles. The Kier molecular flexibility index (Phi) is 7.15. The highest BCUT2D eigenvalue weighted by Gasteiger charge is 2.33. The molecule has 202 valence electrons. The summed E-state index contributed by atoms with van der Waals surface area (Å²) in [5, 5.41) is 12.3. The maximum atomic E-state index is 12.2. The molecule has 0 bridgehead atoms. The Bertz CT molecular complexity index is 1430. The number of nitrogens with zero attached hydrogens (tertiary/aromatic N) is 6. The number of halogens is 1. The van der Waals surface area contributed by atoms with E-state index in [0.717, 1.165) is 51.5 Å². The molecular weight excluding hydrogens is 516 g/mol. The minimum Gasteiger partial charge on any atom is -0.463 e. The average Bonchev–Trinajstić information content (AvgIpc) is 2.91. The molecular formula is C29H31ClN6O3. The molecule has 0 saturated carbocycles. The van der Waals surface area contributed by atoms with Gasteiger partial charge in [-0.2, -0.15) is 15.2 Å². The summed E-state index contributed by atoms with van der Waals surface area (Å²) in [5.41, 5.74) is 3.12. The standard InChI is InChI=1S/C29H31ClN6O3/c1-19(37)36-13-12-35(14-22(36)8-10-31)28-23-9-11-34(26-7-3-5-21-4-2-6-24(30)27(21)26)15-25(23)32-29(33-28)39-18-20-16-38-17-20/h2-7,20,22H,8-9,11-18H2,1H3/t22-/m0/s1. The van der Waals surface area contributed by atoms with Crippen LogP contribution in [0.5, 0.6) is 6.01 Å². The molecule has 0 spiro atoms. The molecule has 0 radical (unpaired) electrons. The highest BCUT2D eigenvalue weighted by Crippen LogP contribution is 2.37. The summed E-state index contributed by atoms with van der Waals surface area (Å²) >= 11 is 6.66. The minimum atomic E-state index is -0.179. The van der Waals surface area contributed by atoms with Gasteiger partial charge in [-0.05, 0) is 23.9 Å². The number of carbonyl (C=O) groups excluding carboxylic acids is 1. The second-order valence-corrected chi connectivity index (χ2v) is 10.8. The van der Waals surface area contributed by atoms with Crippen molar-refractivity contribution >= 4 is 39.8 Å². The second kappa shape index (κ2) is 10.9. The van der Waals surface area contributed by atoms with Gasteiger partial charge in [-0.1, -0.05) is 35.9 Å². The fraction of sp³-hybridized carbons (Fsp3) is 0.448. The lowest BCUT2D eigenvalue weighted by Gasteiger charge is -2.42. The second-order valence-electron chi connectivity index (χ2n) is 10.4. The molecule has 1 amide bonds. The van der Waals surface area contributed by atoms with Crippen molar-refractivity contribution in [2.45, 2.75) is 32.4 Å². The third-order valence-electron chi connectivity index (χ3n) is 7.86. The fourth-order valence-corrected chi connectivity index (χ4v) is 6.05. The zero-order valence-electron chi connectivity index (χ0n) is 22.0. The van der Waals surface area contributed by atoms with Crippen molar-refractivity contribution < 1.29 is 14.3 Å². The first-order valence-electron chi connectivity index (χ1n) is 13.4. The summed E-state index contributed by atoms with van der Waals surface area (Å²) in [4.78, 5) is 28.3. The number of aromatic nitrogens is 2. The van der Waals surface area contributed by atoms with Crippen LogP contribution in [0.2, 0.25) is 5.02 Å². The third kappa shape index (κ3) is 5.07. The zero-order chi connectivity index (χ0) is 26.9. The summed E-state index contributed by atoms with van der Waals surface area (Å²) < 4.78 is 11.4. The van der Waals surface area contributed by atoms with E-state index in [-0.39, 0.29) is 18.4 Å². The molecule has 4 heterocycles. The van der Waals surface area contributed by atoms with Crippen molar-refractivity contribution in [3.63, 3.8) is 0 Å². The van der Waals surface area contributed by atoms with Crippen LogP contribution in [0, 0.1) is 17.2 Å². The van der Waals surface area contributed by atoms with E-state index < -0.39 is 0 Å². The van der Waals surface area contributed by atoms with Crippen molar-refractivity contribution in [1.82, 2.24) is 14.9 Å². The number of anilines is 2. The number of carbonyl (C=O) groups is 1. The van der Waals surface area contributed by atoms with Crippen molar-refractivity contribution in [3.8, 4) is 12.1 Å². The summed E-state index contributed by atoms with van der Waals surface area (Å²) in [6.45, 7) is 6.60. The predicted octanol–water partition coefficient (Wildman–Crippen LogP) is 3.82. The van der Waals surface area contributed by atoms with E-state index >= 15 is 0 Å². The molecule has 10 heteroatoms. The van der Waals surface area contributed by atoms with Crippen LogP contribution in [-0.2, 0) is 22.5 Å². The first-order chi connectivity index (χ1) is 19.0. The van der Waals surface area contributed by atoms with Gasteiger partial charge in [0.2, 0.25) is 5.91 Å². The van der Waals surface area contributed by atoms with Crippen molar-refractivity contribution in [3.05, 3.63) is 52.7 Å². The highest BCUT2D eigenvalue weighted by atomic mass is 35.5. The van der Waals surface area contributed by atoms with E-state index in [4.69, 9.17) is 31.0 Å². The first-order valence-corrected chi connectivity index (χ1v) is 13.8. The predicted molar refractivity (Wildman–Crippen MR) is 149 cm³/mol. The molecule has 6 rings (SSSR count). The smallest absolute Gasteiger partial charge is 0.318 e. The Balaban J connectivity index is 1.34. The fourth-order valence-electron chi connectivity index (χ4n) is 5.78. The summed E-state index contributed by atoms with van der Waals surface area (Å²) in [6.07, 6.45) is 1.04. The Morgan fingerprint density at radius 3 is 2.72 bits per heavy atom. The van der Waals surface area contributed by atoms with E-state index in [2.05, 4.69) is 40.1 Å². The van der Waals surface area contributed by atoms with Gasteiger partial charge >= 0.3 is 6.01 Å².